The Morgan fingerprint density at radius 1 is 0.773 bits per heavy atom. The van der Waals surface area contributed by atoms with E-state index in [0.717, 1.165) is 21.9 Å². The summed E-state index contributed by atoms with van der Waals surface area (Å²) in [6, 6.07) is 11.2. The number of aliphatic carboxylic acids is 2. The first-order valence-corrected chi connectivity index (χ1v) is 6.71. The first-order valence-electron chi connectivity index (χ1n) is 6.71. The summed E-state index contributed by atoms with van der Waals surface area (Å²) in [6.07, 6.45) is 0.492. The van der Waals surface area contributed by atoms with Crippen LogP contribution in [0.5, 0.6) is 0 Å². The van der Waals surface area contributed by atoms with Crippen LogP contribution in [-0.2, 0) is 22.4 Å². The molecular weight excluding hydrogens is 280 g/mol. The van der Waals surface area contributed by atoms with Crippen LogP contribution in [0.4, 0.5) is 0 Å². The molecule has 0 saturated heterocycles. The van der Waals surface area contributed by atoms with Crippen LogP contribution >= 0.6 is 0 Å². The van der Waals surface area contributed by atoms with E-state index >= 15 is 0 Å². The molecule has 2 N–H and O–H groups in total. The third-order valence-electron chi connectivity index (χ3n) is 3.52. The first kappa shape index (κ1) is 15.5. The average Bonchev–Trinajstić information content (AvgIpc) is 2.49. The van der Waals surface area contributed by atoms with E-state index in [-0.39, 0.29) is 24.0 Å². The van der Waals surface area contributed by atoms with Crippen molar-refractivity contribution in [3.8, 4) is 0 Å². The molecule has 2 rings (SSSR count). The molecule has 0 aliphatic heterocycles. The summed E-state index contributed by atoms with van der Waals surface area (Å²) in [5, 5.41) is 19.8. The number of carboxylic acids is 2. The van der Waals surface area contributed by atoms with Gasteiger partial charge in [0.1, 0.15) is 0 Å². The molecule has 4 heteroatoms. The van der Waals surface area contributed by atoms with Crippen LogP contribution in [0.1, 0.15) is 11.1 Å². The fourth-order valence-corrected chi connectivity index (χ4v) is 2.34. The molecule has 4 nitrogen and oxygen atoms in total. The van der Waals surface area contributed by atoms with Gasteiger partial charge >= 0.3 is 11.9 Å². The number of carboxylic acid groups (broad SMARTS) is 2. The molecule has 0 spiro atoms. The van der Waals surface area contributed by atoms with Gasteiger partial charge in [0.15, 0.2) is 0 Å². The number of benzene rings is 2. The summed E-state index contributed by atoms with van der Waals surface area (Å²) in [5.41, 5.74) is 1.95. The third kappa shape index (κ3) is 3.23. The summed E-state index contributed by atoms with van der Waals surface area (Å²) in [7, 11) is 0. The number of hydrogen-bond acceptors (Lipinski definition) is 2. The van der Waals surface area contributed by atoms with Gasteiger partial charge in [-0.3, -0.25) is 0 Å². The van der Waals surface area contributed by atoms with Gasteiger partial charge in [0, 0.05) is 24.0 Å². The summed E-state index contributed by atoms with van der Waals surface area (Å²) in [6.45, 7) is 7.12. The van der Waals surface area contributed by atoms with Crippen molar-refractivity contribution in [2.45, 2.75) is 12.8 Å². The van der Waals surface area contributed by atoms with Crippen molar-refractivity contribution < 1.29 is 19.8 Å². The lowest BCUT2D eigenvalue weighted by Gasteiger charge is -2.11. The highest BCUT2D eigenvalue weighted by atomic mass is 16.4. The minimum Gasteiger partial charge on any atom is -0.478 e. The number of carbonyl (C=O) groups is 2. The van der Waals surface area contributed by atoms with E-state index in [1.807, 2.05) is 36.4 Å². The van der Waals surface area contributed by atoms with Gasteiger partial charge in [-0.2, -0.15) is 0 Å². The zero-order valence-corrected chi connectivity index (χ0v) is 12.0. The fraction of sp³-hybridized carbons (Fsp3) is 0.111. The highest BCUT2D eigenvalue weighted by molar-refractivity contribution is 5.93. The van der Waals surface area contributed by atoms with E-state index in [1.54, 1.807) is 0 Å². The van der Waals surface area contributed by atoms with E-state index in [2.05, 4.69) is 13.2 Å². The quantitative estimate of drug-likeness (QED) is 0.803. The Kier molecular flexibility index (Phi) is 4.41. The highest BCUT2D eigenvalue weighted by Crippen LogP contribution is 2.26. The highest BCUT2D eigenvalue weighted by Gasteiger charge is 2.12. The Balaban J connectivity index is 2.47. The Bertz CT molecular complexity index is 720. The van der Waals surface area contributed by atoms with Crippen LogP contribution in [0.15, 0.2) is 60.7 Å². The second kappa shape index (κ2) is 6.26. The molecule has 22 heavy (non-hydrogen) atoms. The van der Waals surface area contributed by atoms with Crippen molar-refractivity contribution in [3.05, 3.63) is 71.8 Å². The number of fused-ring (bicyclic) bond motifs is 1. The first-order chi connectivity index (χ1) is 10.4. The average molecular weight is 296 g/mol. The Hall–Kier alpha value is -2.88. The summed E-state index contributed by atoms with van der Waals surface area (Å²) < 4.78 is 0. The third-order valence-corrected chi connectivity index (χ3v) is 3.52. The van der Waals surface area contributed by atoms with Crippen molar-refractivity contribution in [1.29, 1.82) is 0 Å². The van der Waals surface area contributed by atoms with Crippen LogP contribution < -0.4 is 0 Å². The maximum atomic E-state index is 11.0. The largest absolute Gasteiger partial charge is 0.478 e. The Labute approximate surface area is 128 Å². The summed E-state index contributed by atoms with van der Waals surface area (Å²) in [5.74, 6) is -2.04. The van der Waals surface area contributed by atoms with Gasteiger partial charge in [-0.05, 0) is 21.9 Å². The predicted octanol–water partition coefficient (Wildman–Crippen LogP) is 3.21. The van der Waals surface area contributed by atoms with Crippen molar-refractivity contribution in [3.63, 3.8) is 0 Å². The van der Waals surface area contributed by atoms with E-state index in [0.29, 0.717) is 0 Å². The smallest absolute Gasteiger partial charge is 0.331 e. The standard InChI is InChI=1S/C18H16O4/c1-11(17(19)20)9-13-7-8-14(10-12(2)18(21)22)16-6-4-3-5-15(13)16/h3-8H,1-2,9-10H2,(H,19,20)(H,21,22). The Morgan fingerprint density at radius 3 is 1.45 bits per heavy atom. The molecule has 0 bridgehead atoms. The molecular formula is C18H16O4. The van der Waals surface area contributed by atoms with Gasteiger partial charge in [-0.25, -0.2) is 9.59 Å². The molecule has 0 fully saturated rings. The van der Waals surface area contributed by atoms with Crippen molar-refractivity contribution in [2.75, 3.05) is 0 Å². The van der Waals surface area contributed by atoms with Gasteiger partial charge in [0.05, 0.1) is 0 Å². The van der Waals surface area contributed by atoms with E-state index in [4.69, 9.17) is 10.2 Å². The van der Waals surface area contributed by atoms with Crippen LogP contribution in [0, 0.1) is 0 Å². The predicted molar refractivity (Wildman–Crippen MR) is 84.9 cm³/mol. The van der Waals surface area contributed by atoms with Crippen LogP contribution in [-0.4, -0.2) is 22.2 Å². The van der Waals surface area contributed by atoms with Gasteiger partial charge < -0.3 is 10.2 Å². The van der Waals surface area contributed by atoms with Gasteiger partial charge in [0.25, 0.3) is 0 Å². The molecule has 0 atom stereocenters. The van der Waals surface area contributed by atoms with Crippen LogP contribution in [0.2, 0.25) is 0 Å². The molecule has 2 aromatic rings. The van der Waals surface area contributed by atoms with Crippen LogP contribution in [0.25, 0.3) is 10.8 Å². The van der Waals surface area contributed by atoms with Crippen molar-refractivity contribution in [1.82, 2.24) is 0 Å². The zero-order chi connectivity index (χ0) is 16.3. The minimum atomic E-state index is -1.02. The minimum absolute atomic E-state index is 0.118. The normalized spacial score (nSPS) is 10.4. The SMILES string of the molecule is C=C(Cc1ccc(CC(=C)C(=O)O)c2ccccc12)C(=O)O. The molecule has 0 saturated carbocycles. The van der Waals surface area contributed by atoms with Gasteiger partial charge in [-0.15, -0.1) is 0 Å². The maximum absolute atomic E-state index is 11.0. The molecule has 0 aliphatic carbocycles. The second-order valence-corrected chi connectivity index (χ2v) is 5.10. The number of hydrogen-bond donors (Lipinski definition) is 2. The Morgan fingerprint density at radius 2 is 1.14 bits per heavy atom. The molecule has 0 aromatic heterocycles. The number of rotatable bonds is 6. The molecule has 0 aliphatic rings. The lowest BCUT2D eigenvalue weighted by Crippen LogP contribution is -2.05. The maximum Gasteiger partial charge on any atom is 0.331 e. The van der Waals surface area contributed by atoms with E-state index in [1.165, 1.54) is 0 Å². The summed E-state index contributed by atoms with van der Waals surface area (Å²) in [4.78, 5) is 21.9. The zero-order valence-electron chi connectivity index (χ0n) is 12.0. The van der Waals surface area contributed by atoms with E-state index < -0.39 is 11.9 Å². The molecule has 2 aromatic carbocycles. The van der Waals surface area contributed by atoms with Crippen LogP contribution in [0.3, 0.4) is 0 Å². The molecule has 0 radical (unpaired) electrons. The second-order valence-electron chi connectivity index (χ2n) is 5.10. The van der Waals surface area contributed by atoms with E-state index in [9.17, 15) is 9.59 Å². The van der Waals surface area contributed by atoms with Crippen molar-refractivity contribution in [2.24, 2.45) is 0 Å². The fourth-order valence-electron chi connectivity index (χ4n) is 2.34. The lowest BCUT2D eigenvalue weighted by molar-refractivity contribution is -0.133. The molecule has 0 heterocycles. The topological polar surface area (TPSA) is 74.6 Å². The van der Waals surface area contributed by atoms with Crippen molar-refractivity contribution >= 4 is 22.7 Å². The molecule has 112 valence electrons. The monoisotopic (exact) mass is 296 g/mol. The van der Waals surface area contributed by atoms with Gasteiger partial charge in [-0.1, -0.05) is 49.6 Å². The molecule has 0 amide bonds. The molecule has 0 unspecified atom stereocenters. The van der Waals surface area contributed by atoms with Gasteiger partial charge in [0.2, 0.25) is 0 Å². The summed E-state index contributed by atoms with van der Waals surface area (Å²) >= 11 is 0. The lowest BCUT2D eigenvalue weighted by atomic mass is 9.93.